The van der Waals surface area contributed by atoms with E-state index in [2.05, 4.69) is 23.4 Å². The molecule has 1 aromatic carbocycles. The van der Waals surface area contributed by atoms with E-state index >= 15 is 0 Å². The highest BCUT2D eigenvalue weighted by Gasteiger charge is 2.31. The average Bonchev–Trinajstić information content (AvgIpc) is 2.90. The second-order valence-corrected chi connectivity index (χ2v) is 6.78. The minimum Gasteiger partial charge on any atom is -0.376 e. The number of imidazole rings is 1. The molecule has 118 valence electrons. The van der Waals surface area contributed by atoms with Gasteiger partial charge in [0.05, 0.1) is 5.60 Å². The summed E-state index contributed by atoms with van der Waals surface area (Å²) in [6.07, 6.45) is 5.78. The predicted molar refractivity (Wildman–Crippen MR) is 84.5 cm³/mol. The highest BCUT2D eigenvalue weighted by molar-refractivity contribution is 5.27. The van der Waals surface area contributed by atoms with E-state index in [1.165, 1.54) is 6.07 Å². The van der Waals surface area contributed by atoms with Gasteiger partial charge in [-0.1, -0.05) is 6.07 Å². The van der Waals surface area contributed by atoms with Crippen molar-refractivity contribution in [1.82, 2.24) is 9.55 Å². The normalized spacial score (nSPS) is 21.0. The number of aryl methyl sites for hydroxylation is 1. The number of hydrogen-bond donors (Lipinski definition) is 0. The monoisotopic (exact) mass is 302 g/mol. The molecule has 0 radical (unpaired) electrons. The molecule has 4 heteroatoms. The summed E-state index contributed by atoms with van der Waals surface area (Å²) in [7, 11) is 0. The molecule has 1 aliphatic heterocycles. The van der Waals surface area contributed by atoms with Gasteiger partial charge in [-0.3, -0.25) is 0 Å². The van der Waals surface area contributed by atoms with Crippen LogP contribution in [0.4, 0.5) is 4.39 Å². The second-order valence-electron chi connectivity index (χ2n) is 6.78. The van der Waals surface area contributed by atoms with Crippen LogP contribution in [0.5, 0.6) is 0 Å². The minimum absolute atomic E-state index is 0.103. The molecule has 1 aromatic heterocycles. The van der Waals surface area contributed by atoms with Gasteiger partial charge in [-0.15, -0.1) is 0 Å². The summed E-state index contributed by atoms with van der Waals surface area (Å²) >= 11 is 0. The first kappa shape index (κ1) is 15.2. The van der Waals surface area contributed by atoms with Crippen molar-refractivity contribution in [3.05, 3.63) is 53.4 Å². The Hall–Kier alpha value is -1.68. The minimum atomic E-state index is -0.186. The largest absolute Gasteiger partial charge is 0.376 e. The third-order valence-electron chi connectivity index (χ3n) is 4.46. The van der Waals surface area contributed by atoms with Gasteiger partial charge in [0.2, 0.25) is 0 Å². The van der Waals surface area contributed by atoms with Crippen LogP contribution in [-0.4, -0.2) is 21.8 Å². The predicted octanol–water partition coefficient (Wildman–Crippen LogP) is 4.05. The maximum Gasteiger partial charge on any atom is 0.123 e. The quantitative estimate of drug-likeness (QED) is 0.855. The van der Waals surface area contributed by atoms with Gasteiger partial charge in [0.1, 0.15) is 11.6 Å². The van der Waals surface area contributed by atoms with E-state index < -0.39 is 0 Å². The van der Waals surface area contributed by atoms with Crippen LogP contribution in [0.15, 0.2) is 30.6 Å². The van der Waals surface area contributed by atoms with Crippen LogP contribution in [0.2, 0.25) is 0 Å². The number of halogens is 1. The Bertz CT molecular complexity index is 663. The molecule has 0 bridgehead atoms. The summed E-state index contributed by atoms with van der Waals surface area (Å²) in [4.78, 5) is 4.57. The Labute approximate surface area is 131 Å². The molecule has 0 saturated carbocycles. The molecule has 3 rings (SSSR count). The first-order valence-corrected chi connectivity index (χ1v) is 7.85. The topological polar surface area (TPSA) is 27.1 Å². The third-order valence-corrected chi connectivity index (χ3v) is 4.46. The zero-order valence-electron chi connectivity index (χ0n) is 13.5. The Balaban J connectivity index is 1.84. The van der Waals surface area contributed by atoms with Crippen molar-refractivity contribution in [2.75, 3.05) is 6.61 Å². The maximum atomic E-state index is 13.5. The zero-order chi connectivity index (χ0) is 15.7. The molecule has 1 saturated heterocycles. The van der Waals surface area contributed by atoms with Crippen LogP contribution in [0.25, 0.3) is 0 Å². The summed E-state index contributed by atoms with van der Waals surface area (Å²) < 4.78 is 21.4. The maximum absolute atomic E-state index is 13.5. The Kier molecular flexibility index (Phi) is 4.04. The van der Waals surface area contributed by atoms with Crippen LogP contribution in [0.1, 0.15) is 49.6 Å². The van der Waals surface area contributed by atoms with E-state index in [0.29, 0.717) is 12.5 Å². The summed E-state index contributed by atoms with van der Waals surface area (Å²) in [6, 6.07) is 4.96. The molecule has 1 aliphatic rings. The van der Waals surface area contributed by atoms with Gasteiger partial charge in [-0.05, 0) is 56.9 Å². The molecule has 3 nitrogen and oxygen atoms in total. The molecule has 0 amide bonds. The lowest BCUT2D eigenvalue weighted by Crippen LogP contribution is -2.34. The molecular formula is C18H23FN2O. The van der Waals surface area contributed by atoms with E-state index in [0.717, 1.165) is 36.4 Å². The number of ether oxygens (including phenoxy) is 1. The number of benzene rings is 1. The average molecular weight is 302 g/mol. The smallest absolute Gasteiger partial charge is 0.123 e. The van der Waals surface area contributed by atoms with Crippen LogP contribution in [0.3, 0.4) is 0 Å². The fourth-order valence-electron chi connectivity index (χ4n) is 3.26. The van der Waals surface area contributed by atoms with Gasteiger partial charge < -0.3 is 9.30 Å². The Morgan fingerprint density at radius 1 is 1.41 bits per heavy atom. The van der Waals surface area contributed by atoms with Gasteiger partial charge >= 0.3 is 0 Å². The van der Waals surface area contributed by atoms with E-state index in [9.17, 15) is 4.39 Å². The van der Waals surface area contributed by atoms with Crippen molar-refractivity contribution in [3.63, 3.8) is 0 Å². The van der Waals surface area contributed by atoms with Crippen LogP contribution in [-0.2, 0) is 11.3 Å². The van der Waals surface area contributed by atoms with Crippen molar-refractivity contribution in [1.29, 1.82) is 0 Å². The number of hydrogen-bond acceptors (Lipinski definition) is 2. The first-order valence-electron chi connectivity index (χ1n) is 7.85. The summed E-state index contributed by atoms with van der Waals surface area (Å²) in [5, 5.41) is 0. The molecular weight excluding hydrogens is 279 g/mol. The second kappa shape index (κ2) is 5.84. The molecule has 2 aromatic rings. The standard InChI is InChI=1S/C18H23FN2O/c1-13-4-5-16(19)10-15(13)12-21-8-7-20-17(21)14-6-9-22-18(2,3)11-14/h4-5,7-8,10,14H,6,9,11-12H2,1-3H3/t14-/m1/s1. The SMILES string of the molecule is Cc1ccc(F)cc1Cn1ccnc1[C@@H]1CCOC(C)(C)C1. The van der Waals surface area contributed by atoms with Crippen molar-refractivity contribution < 1.29 is 9.13 Å². The van der Waals surface area contributed by atoms with E-state index in [1.807, 2.05) is 25.4 Å². The van der Waals surface area contributed by atoms with Crippen molar-refractivity contribution in [2.24, 2.45) is 0 Å². The molecule has 22 heavy (non-hydrogen) atoms. The van der Waals surface area contributed by atoms with E-state index in [4.69, 9.17) is 4.74 Å². The molecule has 0 aliphatic carbocycles. The number of nitrogens with zero attached hydrogens (tertiary/aromatic N) is 2. The van der Waals surface area contributed by atoms with Crippen molar-refractivity contribution >= 4 is 0 Å². The van der Waals surface area contributed by atoms with Gasteiger partial charge in [-0.2, -0.15) is 0 Å². The Morgan fingerprint density at radius 3 is 3.00 bits per heavy atom. The molecule has 0 spiro atoms. The first-order chi connectivity index (χ1) is 10.4. The van der Waals surface area contributed by atoms with Gasteiger partial charge in [0.25, 0.3) is 0 Å². The zero-order valence-corrected chi connectivity index (χ0v) is 13.5. The van der Waals surface area contributed by atoms with E-state index in [-0.39, 0.29) is 11.4 Å². The lowest BCUT2D eigenvalue weighted by Gasteiger charge is -2.35. The molecule has 0 N–H and O–H groups in total. The Morgan fingerprint density at radius 2 is 2.23 bits per heavy atom. The summed E-state index contributed by atoms with van der Waals surface area (Å²) in [5.74, 6) is 1.29. The summed E-state index contributed by atoms with van der Waals surface area (Å²) in [6.45, 7) is 7.70. The summed E-state index contributed by atoms with van der Waals surface area (Å²) in [5.41, 5.74) is 2.01. The third kappa shape index (κ3) is 3.22. The lowest BCUT2D eigenvalue weighted by atomic mass is 9.87. The number of rotatable bonds is 3. The van der Waals surface area contributed by atoms with Gasteiger partial charge in [-0.25, -0.2) is 9.37 Å². The lowest BCUT2D eigenvalue weighted by molar-refractivity contribution is -0.0606. The van der Waals surface area contributed by atoms with Crippen molar-refractivity contribution in [2.45, 2.75) is 51.7 Å². The highest BCUT2D eigenvalue weighted by atomic mass is 19.1. The van der Waals surface area contributed by atoms with Gasteiger partial charge in [0, 0.05) is 31.5 Å². The molecule has 1 fully saturated rings. The van der Waals surface area contributed by atoms with Crippen molar-refractivity contribution in [3.8, 4) is 0 Å². The molecule has 1 atom stereocenters. The number of aromatic nitrogens is 2. The fraction of sp³-hybridized carbons (Fsp3) is 0.500. The van der Waals surface area contributed by atoms with Crippen LogP contribution >= 0.6 is 0 Å². The van der Waals surface area contributed by atoms with Crippen LogP contribution in [0, 0.1) is 12.7 Å². The van der Waals surface area contributed by atoms with E-state index in [1.54, 1.807) is 6.07 Å². The molecule has 0 unspecified atom stereocenters. The molecule has 2 heterocycles. The highest BCUT2D eigenvalue weighted by Crippen LogP contribution is 2.35. The van der Waals surface area contributed by atoms with Crippen LogP contribution < -0.4 is 0 Å². The fourth-order valence-corrected chi connectivity index (χ4v) is 3.26. The van der Waals surface area contributed by atoms with Gasteiger partial charge in [0.15, 0.2) is 0 Å².